The summed E-state index contributed by atoms with van der Waals surface area (Å²) in [4.78, 5) is 43.2. The average molecular weight is 431 g/mol. The highest BCUT2D eigenvalue weighted by molar-refractivity contribution is 6.00. The van der Waals surface area contributed by atoms with Crippen molar-refractivity contribution in [2.24, 2.45) is 5.92 Å². The maximum atomic E-state index is 13.0. The number of methoxy groups -OCH3 is 1. The van der Waals surface area contributed by atoms with Gasteiger partial charge in [0.15, 0.2) is 0 Å². The Labute approximate surface area is 184 Å². The van der Waals surface area contributed by atoms with Crippen molar-refractivity contribution in [2.45, 2.75) is 45.2 Å². The molecule has 170 valence electrons. The van der Waals surface area contributed by atoms with E-state index in [4.69, 9.17) is 4.74 Å². The number of hydrogen-bond donors (Lipinski definition) is 1. The highest BCUT2D eigenvalue weighted by atomic mass is 16.5. The molecular weight excluding hydrogens is 396 g/mol. The second-order valence-corrected chi connectivity index (χ2v) is 8.80. The summed E-state index contributed by atoms with van der Waals surface area (Å²) in [5, 5.41) is 2.92. The number of rotatable bonds is 7. The minimum absolute atomic E-state index is 0.0192. The second kappa shape index (κ2) is 10.1. The fraction of sp³-hybridized carbons (Fsp3) is 0.609. The van der Waals surface area contributed by atoms with Crippen LogP contribution in [-0.4, -0.2) is 79.9 Å². The molecule has 0 aromatic heterocycles. The van der Waals surface area contributed by atoms with Gasteiger partial charge in [-0.25, -0.2) is 0 Å². The smallest absolute Gasteiger partial charge is 0.234 e. The molecule has 0 spiro atoms. The second-order valence-electron chi connectivity index (χ2n) is 8.80. The lowest BCUT2D eigenvalue weighted by atomic mass is 10.0. The average Bonchev–Trinajstić information content (AvgIpc) is 3.14. The minimum atomic E-state index is -0.305. The standard InChI is InChI=1S/C23H34N4O4/c1-16(2)24-21(28)15-25(3)18-9-11-26(12-10-18)23(30)17-13-22(29)27(14-17)19-5-7-20(31-4)8-6-19/h5-8,16-18H,9-15H2,1-4H3,(H,24,28). The van der Waals surface area contributed by atoms with Crippen LogP contribution in [0.5, 0.6) is 5.75 Å². The molecule has 2 saturated heterocycles. The molecule has 8 nitrogen and oxygen atoms in total. The summed E-state index contributed by atoms with van der Waals surface area (Å²) in [6.07, 6.45) is 1.92. The Morgan fingerprint density at radius 3 is 2.42 bits per heavy atom. The van der Waals surface area contributed by atoms with Crippen LogP contribution in [0.25, 0.3) is 0 Å². The summed E-state index contributed by atoms with van der Waals surface area (Å²) in [7, 11) is 3.57. The van der Waals surface area contributed by atoms with Gasteiger partial charge in [-0.1, -0.05) is 0 Å². The number of piperidine rings is 1. The van der Waals surface area contributed by atoms with E-state index < -0.39 is 0 Å². The molecule has 1 unspecified atom stereocenters. The van der Waals surface area contributed by atoms with E-state index in [1.165, 1.54) is 0 Å². The number of nitrogens with zero attached hydrogens (tertiary/aromatic N) is 3. The predicted molar refractivity (Wildman–Crippen MR) is 119 cm³/mol. The third kappa shape index (κ3) is 5.76. The van der Waals surface area contributed by atoms with Gasteiger partial charge in [0.25, 0.3) is 0 Å². The molecular formula is C23H34N4O4. The monoisotopic (exact) mass is 430 g/mol. The normalized spacial score (nSPS) is 19.9. The maximum Gasteiger partial charge on any atom is 0.234 e. The van der Waals surface area contributed by atoms with E-state index in [0.29, 0.717) is 26.2 Å². The zero-order chi connectivity index (χ0) is 22.5. The first-order chi connectivity index (χ1) is 14.8. The van der Waals surface area contributed by atoms with Crippen molar-refractivity contribution >= 4 is 23.4 Å². The molecule has 2 aliphatic rings. The lowest BCUT2D eigenvalue weighted by Gasteiger charge is -2.37. The largest absolute Gasteiger partial charge is 0.497 e. The molecule has 2 heterocycles. The number of nitrogens with one attached hydrogen (secondary N) is 1. The van der Waals surface area contributed by atoms with Crippen molar-refractivity contribution in [2.75, 3.05) is 45.2 Å². The Morgan fingerprint density at radius 2 is 1.84 bits per heavy atom. The van der Waals surface area contributed by atoms with Crippen LogP contribution in [0.1, 0.15) is 33.1 Å². The quantitative estimate of drug-likeness (QED) is 0.709. The van der Waals surface area contributed by atoms with Gasteiger partial charge in [0.1, 0.15) is 5.75 Å². The molecule has 3 amide bonds. The van der Waals surface area contributed by atoms with Crippen molar-refractivity contribution in [1.82, 2.24) is 15.1 Å². The van der Waals surface area contributed by atoms with Crippen molar-refractivity contribution in [3.8, 4) is 5.75 Å². The molecule has 0 aliphatic carbocycles. The van der Waals surface area contributed by atoms with E-state index in [1.54, 1.807) is 12.0 Å². The third-order valence-corrected chi connectivity index (χ3v) is 6.10. The van der Waals surface area contributed by atoms with Crippen LogP contribution >= 0.6 is 0 Å². The molecule has 1 aromatic carbocycles. The summed E-state index contributed by atoms with van der Waals surface area (Å²) < 4.78 is 5.17. The number of likely N-dealkylation sites (tertiary alicyclic amines) is 1. The molecule has 31 heavy (non-hydrogen) atoms. The number of ether oxygens (including phenoxy) is 1. The Balaban J connectivity index is 1.50. The fourth-order valence-electron chi connectivity index (χ4n) is 4.39. The number of hydrogen-bond acceptors (Lipinski definition) is 5. The van der Waals surface area contributed by atoms with Crippen molar-refractivity contribution in [3.05, 3.63) is 24.3 Å². The number of likely N-dealkylation sites (N-methyl/N-ethyl adjacent to an activating group) is 1. The first-order valence-corrected chi connectivity index (χ1v) is 11.0. The van der Waals surface area contributed by atoms with E-state index in [9.17, 15) is 14.4 Å². The Morgan fingerprint density at radius 1 is 1.19 bits per heavy atom. The SMILES string of the molecule is COc1ccc(N2CC(C(=O)N3CCC(N(C)CC(=O)NC(C)C)CC3)CC2=O)cc1. The van der Waals surface area contributed by atoms with Crippen molar-refractivity contribution in [1.29, 1.82) is 0 Å². The number of benzene rings is 1. The van der Waals surface area contributed by atoms with Crippen LogP contribution < -0.4 is 15.0 Å². The van der Waals surface area contributed by atoms with Gasteiger partial charge in [-0.05, 0) is 58.0 Å². The van der Waals surface area contributed by atoms with E-state index in [0.717, 1.165) is 24.3 Å². The summed E-state index contributed by atoms with van der Waals surface area (Å²) in [6, 6.07) is 7.75. The lowest BCUT2D eigenvalue weighted by molar-refractivity contribution is -0.137. The van der Waals surface area contributed by atoms with Gasteiger partial charge < -0.3 is 19.9 Å². The van der Waals surface area contributed by atoms with Crippen LogP contribution in [-0.2, 0) is 14.4 Å². The first-order valence-electron chi connectivity index (χ1n) is 11.0. The Bertz CT molecular complexity index is 787. The van der Waals surface area contributed by atoms with Gasteiger partial charge in [0.2, 0.25) is 17.7 Å². The zero-order valence-corrected chi connectivity index (χ0v) is 19.0. The molecule has 3 rings (SSSR count). The van der Waals surface area contributed by atoms with E-state index in [2.05, 4.69) is 10.2 Å². The van der Waals surface area contributed by atoms with E-state index in [-0.39, 0.29) is 42.1 Å². The molecule has 0 bridgehead atoms. The van der Waals surface area contributed by atoms with Gasteiger partial charge in [0.05, 0.1) is 19.6 Å². The molecule has 0 saturated carbocycles. The summed E-state index contributed by atoms with van der Waals surface area (Å²) in [5.74, 6) is 0.495. The van der Waals surface area contributed by atoms with E-state index in [1.807, 2.05) is 50.1 Å². The highest BCUT2D eigenvalue weighted by Crippen LogP contribution is 2.28. The number of carbonyl (C=O) groups is 3. The number of anilines is 1. The van der Waals surface area contributed by atoms with Crippen LogP contribution in [0.3, 0.4) is 0 Å². The number of carbonyl (C=O) groups excluding carboxylic acids is 3. The highest BCUT2D eigenvalue weighted by Gasteiger charge is 2.38. The fourth-order valence-corrected chi connectivity index (χ4v) is 4.39. The van der Waals surface area contributed by atoms with Gasteiger partial charge in [-0.3, -0.25) is 19.3 Å². The number of amides is 3. The first kappa shape index (κ1) is 23.1. The summed E-state index contributed by atoms with van der Waals surface area (Å²) in [6.45, 7) is 6.00. The summed E-state index contributed by atoms with van der Waals surface area (Å²) >= 11 is 0. The predicted octanol–water partition coefficient (Wildman–Crippen LogP) is 1.50. The van der Waals surface area contributed by atoms with Gasteiger partial charge in [0, 0.05) is 43.8 Å². The van der Waals surface area contributed by atoms with Crippen LogP contribution in [0.4, 0.5) is 5.69 Å². The van der Waals surface area contributed by atoms with Crippen molar-refractivity contribution < 1.29 is 19.1 Å². The molecule has 1 aromatic rings. The topological polar surface area (TPSA) is 82.2 Å². The molecule has 8 heteroatoms. The Kier molecular flexibility index (Phi) is 7.54. The van der Waals surface area contributed by atoms with Gasteiger partial charge in [-0.15, -0.1) is 0 Å². The van der Waals surface area contributed by atoms with Gasteiger partial charge >= 0.3 is 0 Å². The minimum Gasteiger partial charge on any atom is -0.497 e. The molecule has 1 N–H and O–H groups in total. The van der Waals surface area contributed by atoms with Gasteiger partial charge in [-0.2, -0.15) is 0 Å². The third-order valence-electron chi connectivity index (χ3n) is 6.10. The molecule has 0 radical (unpaired) electrons. The van der Waals surface area contributed by atoms with Crippen molar-refractivity contribution in [3.63, 3.8) is 0 Å². The molecule has 1 atom stereocenters. The van der Waals surface area contributed by atoms with Crippen LogP contribution in [0, 0.1) is 5.92 Å². The molecule has 2 aliphatic heterocycles. The lowest BCUT2D eigenvalue weighted by Crippen LogP contribution is -2.49. The van der Waals surface area contributed by atoms with Crippen LogP contribution in [0.2, 0.25) is 0 Å². The van der Waals surface area contributed by atoms with E-state index >= 15 is 0 Å². The summed E-state index contributed by atoms with van der Waals surface area (Å²) in [5.41, 5.74) is 0.793. The molecule has 2 fully saturated rings. The maximum absolute atomic E-state index is 13.0. The van der Waals surface area contributed by atoms with Crippen LogP contribution in [0.15, 0.2) is 24.3 Å². The zero-order valence-electron chi connectivity index (χ0n) is 19.0. The Hall–Kier alpha value is -2.61.